The zero-order valence-corrected chi connectivity index (χ0v) is 11.4. The summed E-state index contributed by atoms with van der Waals surface area (Å²) >= 11 is 11.8. The first-order chi connectivity index (χ1) is 9.15. The summed E-state index contributed by atoms with van der Waals surface area (Å²) in [7, 11) is 0. The summed E-state index contributed by atoms with van der Waals surface area (Å²) < 4.78 is 1.57. The number of nitrogens with zero attached hydrogens (tertiary/aromatic N) is 3. The van der Waals surface area contributed by atoms with Gasteiger partial charge in [-0.1, -0.05) is 34.4 Å². The van der Waals surface area contributed by atoms with Crippen molar-refractivity contribution in [3.8, 4) is 0 Å². The fourth-order valence-corrected chi connectivity index (χ4v) is 1.83. The average Bonchev–Trinajstić information content (AvgIpc) is 2.84. The highest BCUT2D eigenvalue weighted by atomic mass is 35.5. The molecule has 0 fully saturated rings. The molecule has 100 valence electrons. The normalized spacial score (nSPS) is 11.6. The van der Waals surface area contributed by atoms with Gasteiger partial charge in [-0.2, -0.15) is 5.10 Å². The van der Waals surface area contributed by atoms with E-state index in [9.17, 15) is 0 Å². The third-order valence-electron chi connectivity index (χ3n) is 2.24. The maximum Gasteiger partial charge on any atom is 0.301 e. The van der Waals surface area contributed by atoms with Gasteiger partial charge in [-0.05, 0) is 12.1 Å². The average molecular weight is 301 g/mol. The van der Waals surface area contributed by atoms with E-state index in [0.29, 0.717) is 22.4 Å². The molecule has 8 heteroatoms. The first-order valence-corrected chi connectivity index (χ1v) is 6.16. The minimum absolute atomic E-state index is 0.272. The molecule has 1 heterocycles. The Morgan fingerprint density at radius 1 is 1.42 bits per heavy atom. The molecule has 0 aliphatic rings. The van der Waals surface area contributed by atoms with E-state index in [1.807, 2.05) is 0 Å². The smallest absolute Gasteiger partial charge is 0.301 e. The number of nitrogens with one attached hydrogen (secondary N) is 1. The van der Waals surface area contributed by atoms with E-state index in [0.717, 1.165) is 5.56 Å². The Balaban J connectivity index is 1.88. The van der Waals surface area contributed by atoms with Crippen molar-refractivity contribution in [2.45, 2.75) is 13.2 Å². The largest absolute Gasteiger partial charge is 0.338 e. The Morgan fingerprint density at radius 3 is 2.95 bits per heavy atom. The molecule has 0 saturated carbocycles. The van der Waals surface area contributed by atoms with Crippen LogP contribution in [0.2, 0.25) is 10.0 Å². The minimum atomic E-state index is 0.272. The highest BCUT2D eigenvalue weighted by Gasteiger charge is 2.04. The monoisotopic (exact) mass is 300 g/mol. The van der Waals surface area contributed by atoms with Gasteiger partial charge in [0.05, 0.1) is 0 Å². The maximum absolute atomic E-state index is 6.01. The molecule has 6 nitrogen and oxygen atoms in total. The quantitative estimate of drug-likeness (QED) is 0.468. The van der Waals surface area contributed by atoms with E-state index >= 15 is 0 Å². The molecule has 1 aromatic carbocycles. The van der Waals surface area contributed by atoms with Gasteiger partial charge >= 0.3 is 5.84 Å². The van der Waals surface area contributed by atoms with Gasteiger partial charge in [0, 0.05) is 15.6 Å². The first kappa shape index (κ1) is 13.6. The number of hydrogen-bond acceptors (Lipinski definition) is 3. The van der Waals surface area contributed by atoms with Crippen molar-refractivity contribution in [1.82, 2.24) is 14.8 Å². The second-order valence-electron chi connectivity index (χ2n) is 3.74. The molecule has 0 atom stereocenters. The summed E-state index contributed by atoms with van der Waals surface area (Å²) in [5, 5.41) is 7.67. The third-order valence-corrected chi connectivity index (χ3v) is 2.83. The predicted octanol–water partition coefficient (Wildman–Crippen LogP) is 0.155. The van der Waals surface area contributed by atoms with Gasteiger partial charge in [0.1, 0.15) is 19.2 Å². The van der Waals surface area contributed by atoms with E-state index in [1.165, 1.54) is 6.33 Å². The van der Waals surface area contributed by atoms with Gasteiger partial charge in [0.15, 0.2) is 6.61 Å². The van der Waals surface area contributed by atoms with Crippen LogP contribution in [0.1, 0.15) is 5.56 Å². The van der Waals surface area contributed by atoms with E-state index in [1.54, 1.807) is 29.2 Å². The second-order valence-corrected chi connectivity index (χ2v) is 4.59. The molecule has 0 aliphatic carbocycles. The Bertz CT molecular complexity index is 570. The number of nitrogens with two attached hydrogens (primary N) is 1. The molecule has 2 rings (SSSR count). The van der Waals surface area contributed by atoms with Crippen LogP contribution < -0.4 is 10.9 Å². The Labute approximate surface area is 119 Å². The standard InChI is InChI=1S/C11H11Cl2N5O/c12-9-2-1-8(10(13)3-9)5-19-17-11(14)4-18-7-15-6-16-18/h1-3,6-7H,4-5H2,(H2,14,17)/p+1. The predicted molar refractivity (Wildman–Crippen MR) is 71.4 cm³/mol. The first-order valence-electron chi connectivity index (χ1n) is 5.40. The lowest BCUT2D eigenvalue weighted by molar-refractivity contribution is -0.760. The van der Waals surface area contributed by atoms with Crippen molar-refractivity contribution >= 4 is 29.0 Å². The summed E-state index contributed by atoms with van der Waals surface area (Å²) in [6, 6.07) is 5.19. The van der Waals surface area contributed by atoms with Crippen LogP contribution in [0, 0.1) is 0 Å². The molecular weight excluding hydrogens is 289 g/mol. The molecule has 0 saturated heterocycles. The van der Waals surface area contributed by atoms with Crippen LogP contribution >= 0.6 is 23.2 Å². The lowest BCUT2D eigenvalue weighted by atomic mass is 10.2. The van der Waals surface area contributed by atoms with Crippen molar-refractivity contribution in [3.63, 3.8) is 0 Å². The summed E-state index contributed by atoms with van der Waals surface area (Å²) in [6.45, 7) is 0.641. The maximum atomic E-state index is 6.01. The fraction of sp³-hybridized carbons (Fsp3) is 0.182. The van der Waals surface area contributed by atoms with Gasteiger partial charge in [-0.3, -0.25) is 5.73 Å². The van der Waals surface area contributed by atoms with Crippen molar-refractivity contribution in [1.29, 1.82) is 0 Å². The van der Waals surface area contributed by atoms with Crippen LogP contribution in [0.3, 0.4) is 0 Å². The molecule has 0 bridgehead atoms. The number of amidine groups is 1. The highest BCUT2D eigenvalue weighted by molar-refractivity contribution is 6.35. The van der Waals surface area contributed by atoms with Crippen molar-refractivity contribution in [3.05, 3.63) is 46.5 Å². The van der Waals surface area contributed by atoms with Crippen molar-refractivity contribution in [2.24, 2.45) is 5.73 Å². The van der Waals surface area contributed by atoms with E-state index in [2.05, 4.69) is 15.2 Å². The van der Waals surface area contributed by atoms with Crippen LogP contribution in [0.4, 0.5) is 0 Å². The summed E-state index contributed by atoms with van der Waals surface area (Å²) in [6.07, 6.45) is 2.99. The van der Waals surface area contributed by atoms with Gasteiger partial charge in [-0.25, -0.2) is 9.67 Å². The highest BCUT2D eigenvalue weighted by Crippen LogP contribution is 2.20. The van der Waals surface area contributed by atoms with Gasteiger partial charge in [0.2, 0.25) is 0 Å². The number of hydrogen-bond donors (Lipinski definition) is 2. The SMILES string of the molecule is NC(Cn1cncn1)=[NH+]OCc1ccc(Cl)cc1Cl. The topological polar surface area (TPSA) is 79.9 Å². The van der Waals surface area contributed by atoms with Crippen LogP contribution in [0.5, 0.6) is 0 Å². The van der Waals surface area contributed by atoms with Crippen LogP contribution in [0.25, 0.3) is 0 Å². The summed E-state index contributed by atoms with van der Waals surface area (Å²) in [5.74, 6) is 0.413. The molecule has 0 amide bonds. The molecule has 2 aromatic rings. The summed E-state index contributed by atoms with van der Waals surface area (Å²) in [4.78, 5) is 9.06. The molecule has 0 radical (unpaired) electrons. The molecule has 0 aliphatic heterocycles. The fourth-order valence-electron chi connectivity index (χ4n) is 1.37. The Kier molecular flexibility index (Phi) is 4.59. The summed E-state index contributed by atoms with van der Waals surface area (Å²) in [5.41, 5.74) is 6.54. The van der Waals surface area contributed by atoms with Gasteiger partial charge < -0.3 is 4.84 Å². The van der Waals surface area contributed by atoms with Gasteiger partial charge in [0.25, 0.3) is 0 Å². The zero-order chi connectivity index (χ0) is 13.7. The molecular formula is C11H12Cl2N5O+. The van der Waals surface area contributed by atoms with Crippen molar-refractivity contribution < 1.29 is 9.99 Å². The number of halogens is 2. The van der Waals surface area contributed by atoms with E-state index in [-0.39, 0.29) is 6.61 Å². The van der Waals surface area contributed by atoms with E-state index < -0.39 is 0 Å². The molecule has 3 N–H and O–H groups in total. The number of aromatic nitrogens is 3. The second kappa shape index (κ2) is 6.40. The Morgan fingerprint density at radius 2 is 2.26 bits per heavy atom. The third kappa shape index (κ3) is 4.11. The van der Waals surface area contributed by atoms with Crippen LogP contribution in [0.15, 0.2) is 30.9 Å². The van der Waals surface area contributed by atoms with Gasteiger partial charge in [-0.15, -0.1) is 0 Å². The van der Waals surface area contributed by atoms with Crippen molar-refractivity contribution in [2.75, 3.05) is 0 Å². The molecule has 0 spiro atoms. The minimum Gasteiger partial charge on any atom is -0.338 e. The van der Waals surface area contributed by atoms with Crippen LogP contribution in [-0.4, -0.2) is 20.6 Å². The zero-order valence-electron chi connectivity index (χ0n) is 9.88. The number of rotatable bonds is 5. The molecule has 0 unspecified atom stereocenters. The lowest BCUT2D eigenvalue weighted by Crippen LogP contribution is -2.75. The van der Waals surface area contributed by atoms with Crippen LogP contribution in [-0.2, 0) is 18.0 Å². The lowest BCUT2D eigenvalue weighted by Gasteiger charge is -2.02. The molecule has 1 aromatic heterocycles. The van der Waals surface area contributed by atoms with E-state index in [4.69, 9.17) is 33.8 Å². The number of benzene rings is 1. The Hall–Kier alpha value is -1.79. The molecule has 19 heavy (non-hydrogen) atoms.